The van der Waals surface area contributed by atoms with Gasteiger partial charge in [-0.05, 0) is 32.1 Å². The fourth-order valence-electron chi connectivity index (χ4n) is 3.26. The minimum absolute atomic E-state index is 0.0984. The molecule has 0 aromatic heterocycles. The number of hydrogen-bond acceptors (Lipinski definition) is 3. The number of methoxy groups -OCH3 is 1. The highest BCUT2D eigenvalue weighted by molar-refractivity contribution is 5.81. The van der Waals surface area contributed by atoms with Crippen molar-refractivity contribution in [3.8, 4) is 0 Å². The summed E-state index contributed by atoms with van der Waals surface area (Å²) >= 11 is 0. The second kappa shape index (κ2) is 8.46. The molecule has 0 aromatic carbocycles. The number of halogens is 1. The summed E-state index contributed by atoms with van der Waals surface area (Å²) in [4.78, 5) is 28.3. The van der Waals surface area contributed by atoms with Crippen molar-refractivity contribution >= 4 is 11.8 Å². The van der Waals surface area contributed by atoms with Gasteiger partial charge in [-0.3, -0.25) is 9.59 Å². The molecule has 2 amide bonds. The highest BCUT2D eigenvalue weighted by Crippen LogP contribution is 2.22. The second-order valence-electron chi connectivity index (χ2n) is 6.28. The summed E-state index contributed by atoms with van der Waals surface area (Å²) in [7, 11) is 1.63. The summed E-state index contributed by atoms with van der Waals surface area (Å²) < 4.78 is 18.1. The van der Waals surface area contributed by atoms with Crippen LogP contribution in [0.2, 0.25) is 0 Å². The fraction of sp³-hybridized carbons (Fsp3) is 0.875. The average molecular weight is 314 g/mol. The Morgan fingerprint density at radius 2 is 1.86 bits per heavy atom. The lowest BCUT2D eigenvalue weighted by Crippen LogP contribution is -2.48. The van der Waals surface area contributed by atoms with E-state index in [1.165, 1.54) is 0 Å². The lowest BCUT2D eigenvalue weighted by Gasteiger charge is -2.36. The number of carbonyl (C=O) groups excluding carboxylic acids is 2. The molecule has 6 heteroatoms. The maximum absolute atomic E-state index is 13.2. The number of ether oxygens (including phenoxy) is 1. The van der Waals surface area contributed by atoms with Gasteiger partial charge in [-0.15, -0.1) is 0 Å². The Kier molecular flexibility index (Phi) is 6.61. The first-order chi connectivity index (χ1) is 10.6. The van der Waals surface area contributed by atoms with E-state index >= 15 is 0 Å². The normalized spacial score (nSPS) is 23.6. The van der Waals surface area contributed by atoms with Crippen LogP contribution in [0.4, 0.5) is 4.39 Å². The molecule has 2 aliphatic rings. The topological polar surface area (TPSA) is 49.9 Å². The highest BCUT2D eigenvalue weighted by Gasteiger charge is 2.32. The number of piperidine rings is 2. The largest absolute Gasteiger partial charge is 0.385 e. The van der Waals surface area contributed by atoms with Gasteiger partial charge in [0.15, 0.2) is 0 Å². The molecule has 2 aliphatic heterocycles. The zero-order valence-electron chi connectivity index (χ0n) is 13.4. The number of rotatable bonds is 5. The Morgan fingerprint density at radius 3 is 2.55 bits per heavy atom. The van der Waals surface area contributed by atoms with Crippen LogP contribution in [-0.4, -0.2) is 67.7 Å². The van der Waals surface area contributed by atoms with Crippen LogP contribution in [0, 0.1) is 5.92 Å². The van der Waals surface area contributed by atoms with Gasteiger partial charge in [-0.25, -0.2) is 4.39 Å². The van der Waals surface area contributed by atoms with Crippen LogP contribution in [0.5, 0.6) is 0 Å². The molecule has 0 bridgehead atoms. The van der Waals surface area contributed by atoms with E-state index in [9.17, 15) is 14.0 Å². The van der Waals surface area contributed by atoms with Gasteiger partial charge >= 0.3 is 0 Å². The average Bonchev–Trinajstić information content (AvgIpc) is 2.55. The summed E-state index contributed by atoms with van der Waals surface area (Å²) in [5.41, 5.74) is 0. The minimum atomic E-state index is -0.769. The highest BCUT2D eigenvalue weighted by atomic mass is 19.1. The van der Waals surface area contributed by atoms with Crippen LogP contribution in [-0.2, 0) is 14.3 Å². The lowest BCUT2D eigenvalue weighted by atomic mass is 9.95. The molecule has 22 heavy (non-hydrogen) atoms. The van der Waals surface area contributed by atoms with Crippen molar-refractivity contribution in [1.29, 1.82) is 0 Å². The van der Waals surface area contributed by atoms with Crippen molar-refractivity contribution in [2.24, 2.45) is 5.92 Å². The molecular weight excluding hydrogens is 287 g/mol. The van der Waals surface area contributed by atoms with Crippen molar-refractivity contribution < 1.29 is 18.7 Å². The number of nitrogens with zero attached hydrogens (tertiary/aromatic N) is 2. The van der Waals surface area contributed by atoms with Gasteiger partial charge in [0.05, 0.1) is 5.92 Å². The summed E-state index contributed by atoms with van der Waals surface area (Å²) in [5, 5.41) is 0. The summed E-state index contributed by atoms with van der Waals surface area (Å²) in [6.45, 7) is 2.86. The van der Waals surface area contributed by atoms with Gasteiger partial charge in [0.1, 0.15) is 6.17 Å². The summed E-state index contributed by atoms with van der Waals surface area (Å²) in [6.07, 6.45) is 3.00. The Balaban J connectivity index is 1.82. The van der Waals surface area contributed by atoms with Gasteiger partial charge in [0, 0.05) is 46.3 Å². The summed E-state index contributed by atoms with van der Waals surface area (Å²) in [6, 6.07) is 0. The van der Waals surface area contributed by atoms with Gasteiger partial charge in [-0.2, -0.15) is 0 Å². The molecule has 1 atom stereocenters. The molecule has 5 nitrogen and oxygen atoms in total. The van der Waals surface area contributed by atoms with E-state index in [-0.39, 0.29) is 17.7 Å². The molecule has 1 unspecified atom stereocenters. The predicted octanol–water partition coefficient (Wildman–Crippen LogP) is 1.61. The van der Waals surface area contributed by atoms with E-state index in [0.717, 1.165) is 19.4 Å². The van der Waals surface area contributed by atoms with Gasteiger partial charge in [-0.1, -0.05) is 0 Å². The molecule has 2 fully saturated rings. The molecule has 0 aliphatic carbocycles. The fourth-order valence-corrected chi connectivity index (χ4v) is 3.26. The van der Waals surface area contributed by atoms with Crippen LogP contribution >= 0.6 is 0 Å². The molecule has 0 spiro atoms. The molecule has 0 aromatic rings. The number of hydrogen-bond donors (Lipinski definition) is 0. The number of carbonyl (C=O) groups is 2. The zero-order valence-corrected chi connectivity index (χ0v) is 13.4. The Hall–Kier alpha value is -1.17. The SMILES string of the molecule is COCCCC(=O)N1CCCC(C(=O)N2CCC(F)CC2)C1. The van der Waals surface area contributed by atoms with Crippen LogP contribution in [0.25, 0.3) is 0 Å². The quantitative estimate of drug-likeness (QED) is 0.725. The first-order valence-electron chi connectivity index (χ1n) is 8.31. The van der Waals surface area contributed by atoms with Crippen molar-refractivity contribution in [2.45, 2.75) is 44.7 Å². The predicted molar refractivity (Wildman–Crippen MR) is 81.1 cm³/mol. The third kappa shape index (κ3) is 4.66. The molecule has 126 valence electrons. The van der Waals surface area contributed by atoms with Gasteiger partial charge < -0.3 is 14.5 Å². The monoisotopic (exact) mass is 314 g/mol. The molecule has 2 rings (SSSR count). The zero-order chi connectivity index (χ0) is 15.9. The van der Waals surface area contributed by atoms with Crippen LogP contribution in [0.3, 0.4) is 0 Å². The first kappa shape index (κ1) is 17.2. The van der Waals surface area contributed by atoms with Gasteiger partial charge in [0.2, 0.25) is 11.8 Å². The van der Waals surface area contributed by atoms with E-state index in [1.807, 2.05) is 4.90 Å². The lowest BCUT2D eigenvalue weighted by molar-refractivity contribution is -0.142. The molecule has 0 N–H and O–H groups in total. The molecule has 0 saturated carbocycles. The van der Waals surface area contributed by atoms with E-state index in [0.29, 0.717) is 51.9 Å². The van der Waals surface area contributed by atoms with Crippen molar-refractivity contribution in [1.82, 2.24) is 9.80 Å². The Morgan fingerprint density at radius 1 is 1.14 bits per heavy atom. The number of likely N-dealkylation sites (tertiary alicyclic amines) is 2. The third-order valence-corrected chi connectivity index (χ3v) is 4.60. The maximum atomic E-state index is 13.2. The number of alkyl halides is 1. The van der Waals surface area contributed by atoms with Crippen LogP contribution < -0.4 is 0 Å². The molecule has 2 saturated heterocycles. The smallest absolute Gasteiger partial charge is 0.227 e. The first-order valence-corrected chi connectivity index (χ1v) is 8.31. The van der Waals surface area contributed by atoms with E-state index in [2.05, 4.69) is 0 Å². The van der Waals surface area contributed by atoms with E-state index in [1.54, 1.807) is 12.0 Å². The standard InChI is InChI=1S/C16H27FN2O3/c1-22-11-3-5-15(20)19-8-2-4-13(12-19)16(21)18-9-6-14(17)7-10-18/h13-14H,2-12H2,1H3. The molecular formula is C16H27FN2O3. The van der Waals surface area contributed by atoms with E-state index in [4.69, 9.17) is 4.74 Å². The van der Waals surface area contributed by atoms with E-state index < -0.39 is 6.17 Å². The Bertz CT molecular complexity index is 384. The Labute approximate surface area is 131 Å². The van der Waals surface area contributed by atoms with Crippen molar-refractivity contribution in [3.63, 3.8) is 0 Å². The van der Waals surface area contributed by atoms with Crippen molar-refractivity contribution in [3.05, 3.63) is 0 Å². The minimum Gasteiger partial charge on any atom is -0.385 e. The summed E-state index contributed by atoms with van der Waals surface area (Å²) in [5.74, 6) is 0.0922. The third-order valence-electron chi connectivity index (χ3n) is 4.60. The molecule has 0 radical (unpaired) electrons. The van der Waals surface area contributed by atoms with Gasteiger partial charge in [0.25, 0.3) is 0 Å². The van der Waals surface area contributed by atoms with Crippen molar-refractivity contribution in [2.75, 3.05) is 39.9 Å². The number of amides is 2. The second-order valence-corrected chi connectivity index (χ2v) is 6.28. The van der Waals surface area contributed by atoms with Crippen LogP contribution in [0.1, 0.15) is 38.5 Å². The molecule has 2 heterocycles. The maximum Gasteiger partial charge on any atom is 0.227 e. The van der Waals surface area contributed by atoms with Crippen LogP contribution in [0.15, 0.2) is 0 Å².